The van der Waals surface area contributed by atoms with Crippen molar-refractivity contribution < 1.29 is 13.6 Å². The maximum absolute atomic E-state index is 13.4. The number of halogens is 2. The molecular weight excluding hydrogens is 318 g/mol. The molecule has 3 aromatic rings. The zero-order chi connectivity index (χ0) is 16.4. The van der Waals surface area contributed by atoms with Crippen molar-refractivity contribution in [2.45, 2.75) is 19.9 Å². The Labute approximate surface area is 135 Å². The van der Waals surface area contributed by atoms with Crippen LogP contribution in [0.25, 0.3) is 10.2 Å². The summed E-state index contributed by atoms with van der Waals surface area (Å²) in [6.45, 7) is 2.70. The van der Waals surface area contributed by atoms with Crippen LogP contribution in [-0.2, 0) is 6.54 Å². The molecule has 6 heteroatoms. The highest BCUT2D eigenvalue weighted by atomic mass is 32.1. The third-order valence-corrected chi connectivity index (χ3v) is 4.42. The van der Waals surface area contributed by atoms with E-state index in [1.165, 1.54) is 47.7 Å². The Balaban J connectivity index is 2.12. The second kappa shape index (κ2) is 6.42. The zero-order valence-electron chi connectivity index (χ0n) is 12.4. The third kappa shape index (κ3) is 3.22. The number of hydrogen-bond donors (Lipinski definition) is 0. The largest absolute Gasteiger partial charge is 0.316 e. The van der Waals surface area contributed by atoms with Gasteiger partial charge < -0.3 is 4.57 Å². The normalized spacial score (nSPS) is 12.0. The number of carbonyl (C=O) groups excluding carboxylic acids is 1. The van der Waals surface area contributed by atoms with Gasteiger partial charge in [0.1, 0.15) is 11.6 Å². The first-order chi connectivity index (χ1) is 11.1. The first-order valence-electron chi connectivity index (χ1n) is 7.22. The summed E-state index contributed by atoms with van der Waals surface area (Å²) in [5.41, 5.74) is 1.17. The molecule has 1 aromatic heterocycles. The maximum Gasteiger partial charge on any atom is 0.279 e. The Bertz CT molecular complexity index is 926. The molecule has 3 nitrogen and oxygen atoms in total. The van der Waals surface area contributed by atoms with Crippen LogP contribution in [0.15, 0.2) is 47.5 Å². The lowest BCUT2D eigenvalue weighted by atomic mass is 10.2. The van der Waals surface area contributed by atoms with Crippen LogP contribution in [0.2, 0.25) is 0 Å². The quantitative estimate of drug-likeness (QED) is 0.710. The van der Waals surface area contributed by atoms with Crippen LogP contribution in [0.4, 0.5) is 8.78 Å². The fourth-order valence-electron chi connectivity index (χ4n) is 2.32. The van der Waals surface area contributed by atoms with E-state index in [9.17, 15) is 13.6 Å². The van der Waals surface area contributed by atoms with E-state index < -0.39 is 11.7 Å². The lowest BCUT2D eigenvalue weighted by molar-refractivity contribution is 0.0998. The summed E-state index contributed by atoms with van der Waals surface area (Å²) in [6.07, 6.45) is 0.862. The second-order valence-corrected chi connectivity index (χ2v) is 6.08. The van der Waals surface area contributed by atoms with E-state index in [4.69, 9.17) is 0 Å². The highest BCUT2D eigenvalue weighted by Gasteiger charge is 2.09. The number of benzene rings is 2. The Morgan fingerprint density at radius 1 is 1.13 bits per heavy atom. The fourth-order valence-corrected chi connectivity index (χ4v) is 3.40. The predicted molar refractivity (Wildman–Crippen MR) is 86.4 cm³/mol. The zero-order valence-corrected chi connectivity index (χ0v) is 13.2. The summed E-state index contributed by atoms with van der Waals surface area (Å²) in [4.78, 5) is 16.9. The molecule has 23 heavy (non-hydrogen) atoms. The molecule has 0 unspecified atom stereocenters. The average molecular weight is 332 g/mol. The van der Waals surface area contributed by atoms with Crippen molar-refractivity contribution in [3.63, 3.8) is 0 Å². The number of hydrogen-bond acceptors (Lipinski definition) is 2. The van der Waals surface area contributed by atoms with Crippen molar-refractivity contribution in [3.05, 3.63) is 64.5 Å². The van der Waals surface area contributed by atoms with Crippen molar-refractivity contribution in [1.82, 2.24) is 4.57 Å². The van der Waals surface area contributed by atoms with E-state index in [1.807, 2.05) is 11.5 Å². The first kappa shape index (κ1) is 15.6. The van der Waals surface area contributed by atoms with Crippen molar-refractivity contribution >= 4 is 27.5 Å². The van der Waals surface area contributed by atoms with Crippen LogP contribution in [0.1, 0.15) is 23.7 Å². The standard InChI is InChI=1S/C17H14F2N2OS/c1-2-9-21-14-8-7-13(19)10-15(14)23-17(21)20-16(22)11-3-5-12(18)6-4-11/h3-8,10H,2,9H2,1H3. The number of aromatic nitrogens is 1. The number of amides is 1. The molecule has 0 bridgehead atoms. The number of rotatable bonds is 3. The topological polar surface area (TPSA) is 34.4 Å². The molecule has 3 rings (SSSR count). The molecule has 118 valence electrons. The summed E-state index contributed by atoms with van der Waals surface area (Å²) in [7, 11) is 0. The third-order valence-electron chi connectivity index (χ3n) is 3.38. The van der Waals surface area contributed by atoms with E-state index in [0.717, 1.165) is 16.6 Å². The van der Waals surface area contributed by atoms with Crippen LogP contribution in [0.5, 0.6) is 0 Å². The lowest BCUT2D eigenvalue weighted by Gasteiger charge is -2.02. The van der Waals surface area contributed by atoms with Gasteiger partial charge in [0.25, 0.3) is 5.91 Å². The first-order valence-corrected chi connectivity index (χ1v) is 8.03. The predicted octanol–water partition coefficient (Wildman–Crippen LogP) is 4.13. The van der Waals surface area contributed by atoms with Crippen LogP contribution in [-0.4, -0.2) is 10.5 Å². The van der Waals surface area contributed by atoms with Gasteiger partial charge in [-0.05, 0) is 48.9 Å². The molecule has 0 aliphatic carbocycles. The SMILES string of the molecule is CCCn1c(=NC(=O)c2ccc(F)cc2)sc2cc(F)ccc21. The minimum absolute atomic E-state index is 0.318. The molecule has 0 spiro atoms. The number of carbonyl (C=O) groups is 1. The summed E-state index contributed by atoms with van der Waals surface area (Å²) in [5, 5.41) is 0. The molecule has 0 saturated heterocycles. The van der Waals surface area contributed by atoms with Crippen LogP contribution < -0.4 is 4.80 Å². The van der Waals surface area contributed by atoms with Gasteiger partial charge in [0.05, 0.1) is 10.2 Å². The van der Waals surface area contributed by atoms with E-state index in [0.29, 0.717) is 16.9 Å². The molecule has 0 saturated carbocycles. The van der Waals surface area contributed by atoms with Gasteiger partial charge in [0.15, 0.2) is 4.80 Å². The van der Waals surface area contributed by atoms with Crippen molar-refractivity contribution in [3.8, 4) is 0 Å². The highest BCUT2D eigenvalue weighted by Crippen LogP contribution is 2.19. The van der Waals surface area contributed by atoms with E-state index in [1.54, 1.807) is 6.07 Å². The summed E-state index contributed by atoms with van der Waals surface area (Å²) in [5.74, 6) is -1.17. The van der Waals surface area contributed by atoms with Gasteiger partial charge in [-0.15, -0.1) is 0 Å². The smallest absolute Gasteiger partial charge is 0.279 e. The van der Waals surface area contributed by atoms with E-state index in [-0.39, 0.29) is 5.82 Å². The van der Waals surface area contributed by atoms with Crippen LogP contribution in [0.3, 0.4) is 0 Å². The van der Waals surface area contributed by atoms with Gasteiger partial charge in [-0.3, -0.25) is 4.79 Å². The van der Waals surface area contributed by atoms with Crippen molar-refractivity contribution in [2.75, 3.05) is 0 Å². The van der Waals surface area contributed by atoms with Crippen molar-refractivity contribution in [1.29, 1.82) is 0 Å². The van der Waals surface area contributed by atoms with Gasteiger partial charge >= 0.3 is 0 Å². The Hall–Kier alpha value is -2.34. The van der Waals surface area contributed by atoms with Gasteiger partial charge in [0.2, 0.25) is 0 Å². The Morgan fingerprint density at radius 3 is 2.52 bits per heavy atom. The molecule has 0 aliphatic heterocycles. The van der Waals surface area contributed by atoms with Gasteiger partial charge in [0, 0.05) is 12.1 Å². The molecule has 1 heterocycles. The van der Waals surface area contributed by atoms with Gasteiger partial charge in [-0.2, -0.15) is 4.99 Å². The van der Waals surface area contributed by atoms with Crippen LogP contribution >= 0.6 is 11.3 Å². The summed E-state index contributed by atoms with van der Waals surface area (Å²) in [6, 6.07) is 9.78. The van der Waals surface area contributed by atoms with Crippen LogP contribution in [0, 0.1) is 11.6 Å². The minimum Gasteiger partial charge on any atom is -0.316 e. The number of fused-ring (bicyclic) bond motifs is 1. The molecule has 0 atom stereocenters. The lowest BCUT2D eigenvalue weighted by Crippen LogP contribution is -2.16. The monoisotopic (exact) mass is 332 g/mol. The fraction of sp³-hybridized carbons (Fsp3) is 0.176. The highest BCUT2D eigenvalue weighted by molar-refractivity contribution is 7.16. The number of thiazole rings is 1. The molecule has 0 N–H and O–H groups in total. The number of aryl methyl sites for hydroxylation is 1. The maximum atomic E-state index is 13.4. The second-order valence-electron chi connectivity index (χ2n) is 5.07. The van der Waals surface area contributed by atoms with Crippen molar-refractivity contribution in [2.24, 2.45) is 4.99 Å². The van der Waals surface area contributed by atoms with Gasteiger partial charge in [-0.25, -0.2) is 8.78 Å². The molecule has 1 amide bonds. The van der Waals surface area contributed by atoms with E-state index in [2.05, 4.69) is 4.99 Å². The Kier molecular flexibility index (Phi) is 4.34. The Morgan fingerprint density at radius 2 is 1.83 bits per heavy atom. The summed E-state index contributed by atoms with van der Waals surface area (Å²) < 4.78 is 29.0. The number of nitrogens with zero attached hydrogens (tertiary/aromatic N) is 2. The summed E-state index contributed by atoms with van der Waals surface area (Å²) >= 11 is 1.27. The molecule has 0 fully saturated rings. The molecule has 2 aromatic carbocycles. The molecule has 0 radical (unpaired) electrons. The molecule has 0 aliphatic rings. The minimum atomic E-state index is -0.443. The van der Waals surface area contributed by atoms with Gasteiger partial charge in [-0.1, -0.05) is 18.3 Å². The average Bonchev–Trinajstić information content (AvgIpc) is 2.85. The molecular formula is C17H14F2N2OS. The van der Waals surface area contributed by atoms with E-state index >= 15 is 0 Å².